The van der Waals surface area contributed by atoms with Gasteiger partial charge in [-0.05, 0) is 110 Å². The molecule has 0 radical (unpaired) electrons. The van der Waals surface area contributed by atoms with E-state index in [9.17, 15) is 18.9 Å². The number of aliphatic carboxylic acids is 1. The fourth-order valence-corrected chi connectivity index (χ4v) is 12.9. The first kappa shape index (κ1) is 52.5. The summed E-state index contributed by atoms with van der Waals surface area (Å²) in [5.74, 6) is 0.738. The van der Waals surface area contributed by atoms with Crippen molar-refractivity contribution in [3.05, 3.63) is 124 Å². The van der Waals surface area contributed by atoms with Crippen LogP contribution in [0.15, 0.2) is 85.3 Å². The first-order chi connectivity index (χ1) is 36.2. The predicted molar refractivity (Wildman–Crippen MR) is 291 cm³/mol. The number of carboxylic acid groups (broad SMARTS) is 1. The van der Waals surface area contributed by atoms with Gasteiger partial charge in [-0.15, -0.1) is 11.3 Å². The number of hydrogen-bond acceptors (Lipinski definition) is 15. The molecule has 0 saturated carbocycles. The lowest BCUT2D eigenvalue weighted by molar-refractivity contribution is -0.145. The maximum atomic E-state index is 14.4. The lowest BCUT2D eigenvalue weighted by atomic mass is 9.92. The minimum absolute atomic E-state index is 0.0188. The number of carboxylic acids is 1. The molecule has 0 amide bonds. The molecule has 4 aliphatic rings. The van der Waals surface area contributed by atoms with Crippen molar-refractivity contribution in [2.75, 3.05) is 91.6 Å². The SMILES string of the molecule is Cc1c(Cl)c2c(Cl)c(C)c1-c1c(-c3ccc(F)cc3)sc3ncnc(c13)O[C@@H](C(=O)O)Cc1cc(ccc1OCc1ccnc(-c3ccc(OCCN4CCP(C)(=O)CC4)cc3)n1)OC[C@@H](CN1CCN(C)CC1)O2. The minimum atomic E-state index is -1.99. The van der Waals surface area contributed by atoms with E-state index in [1.165, 1.54) is 29.8 Å². The standard InChI is InChI=1S/C55H57Cl2FN7O8PS/c1-33-45-34(2)49(57)50(48(33)56)72-42(29-65-19-17-63(3)18-20-65)31-70-41-13-14-43(71-30-39-15-16-59-52(62-39)36-7-11-40(12-8-36)69-24-21-64-22-25-74(4,68)26-23-64)37(27-41)28-44(55(66)67)73-53-47-46(45)51(75-54(47)61-32-60-53)35-5-9-38(58)10-6-35/h5-16,27,32,42,44H,17-26,28-31H2,1-4H3,(H,66,67)/t42-,44-/m1/s1. The molecule has 1 N–H and O–H groups in total. The Kier molecular flexibility index (Phi) is 15.9. The normalized spacial score (nSPS) is 18.4. The molecule has 75 heavy (non-hydrogen) atoms. The van der Waals surface area contributed by atoms with E-state index in [1.54, 1.807) is 42.6 Å². The Hall–Kier alpha value is -5.91. The van der Waals surface area contributed by atoms with Crippen LogP contribution in [0.4, 0.5) is 4.39 Å². The number of rotatable bonds is 12. The highest BCUT2D eigenvalue weighted by Gasteiger charge is 2.32. The van der Waals surface area contributed by atoms with Crippen molar-refractivity contribution >= 4 is 57.9 Å². The van der Waals surface area contributed by atoms with Gasteiger partial charge in [0.1, 0.15) is 60.1 Å². The van der Waals surface area contributed by atoms with Gasteiger partial charge >= 0.3 is 5.97 Å². The molecule has 0 spiro atoms. The molecule has 20 heteroatoms. The Bertz CT molecular complexity index is 3230. The van der Waals surface area contributed by atoms with Crippen molar-refractivity contribution in [1.29, 1.82) is 0 Å². The summed E-state index contributed by atoms with van der Waals surface area (Å²) in [4.78, 5) is 40.1. The highest BCUT2D eigenvalue weighted by atomic mass is 35.5. The van der Waals surface area contributed by atoms with E-state index in [4.69, 9.17) is 51.9 Å². The first-order valence-corrected chi connectivity index (χ1v) is 29.0. The molecule has 11 rings (SSSR count). The number of benzene rings is 4. The van der Waals surface area contributed by atoms with Gasteiger partial charge in [0.2, 0.25) is 12.0 Å². The molecule has 4 aliphatic heterocycles. The van der Waals surface area contributed by atoms with Crippen molar-refractivity contribution in [3.63, 3.8) is 0 Å². The summed E-state index contributed by atoms with van der Waals surface area (Å²) in [5, 5.41) is 12.0. The van der Waals surface area contributed by atoms with Gasteiger partial charge < -0.3 is 38.3 Å². The second-order valence-electron chi connectivity index (χ2n) is 19.4. The number of ether oxygens (including phenoxy) is 5. The molecule has 4 bridgehead atoms. The van der Waals surface area contributed by atoms with Crippen LogP contribution < -0.4 is 23.7 Å². The largest absolute Gasteiger partial charge is 0.492 e. The molecule has 2 atom stereocenters. The number of thiophene rings is 1. The number of likely N-dealkylation sites (N-methyl/N-ethyl adjacent to an activating group) is 1. The Balaban J connectivity index is 0.972. The average molecular weight is 1100 g/mol. The average Bonchev–Trinajstić information content (AvgIpc) is 3.81. The number of carbonyl (C=O) groups is 1. The van der Waals surface area contributed by atoms with Gasteiger partial charge in [-0.25, -0.2) is 29.1 Å². The topological polar surface area (TPSA) is 162 Å². The van der Waals surface area contributed by atoms with Crippen LogP contribution >= 0.6 is 41.7 Å². The fourth-order valence-electron chi connectivity index (χ4n) is 9.63. The zero-order valence-electron chi connectivity index (χ0n) is 42.1. The summed E-state index contributed by atoms with van der Waals surface area (Å²) >= 11 is 16.0. The van der Waals surface area contributed by atoms with Gasteiger partial charge in [-0.1, -0.05) is 35.3 Å². The van der Waals surface area contributed by atoms with E-state index in [0.29, 0.717) is 100 Å². The molecule has 7 aromatic rings. The van der Waals surface area contributed by atoms with E-state index in [-0.39, 0.29) is 25.5 Å². The molecule has 2 saturated heterocycles. The summed E-state index contributed by atoms with van der Waals surface area (Å²) in [6.07, 6.45) is 2.31. The molecule has 0 aliphatic carbocycles. The van der Waals surface area contributed by atoms with Gasteiger partial charge in [-0.2, -0.15) is 0 Å². The van der Waals surface area contributed by atoms with Gasteiger partial charge in [-0.3, -0.25) is 9.80 Å². The number of halogens is 3. The summed E-state index contributed by atoms with van der Waals surface area (Å²) in [6.45, 7) is 12.7. The van der Waals surface area contributed by atoms with Crippen molar-refractivity contribution in [3.8, 4) is 61.8 Å². The molecular weight excluding hydrogens is 1040 g/mol. The first-order valence-electron chi connectivity index (χ1n) is 24.9. The maximum Gasteiger partial charge on any atom is 0.345 e. The van der Waals surface area contributed by atoms with E-state index < -0.39 is 31.1 Å². The molecule has 392 valence electrons. The smallest absolute Gasteiger partial charge is 0.345 e. The van der Waals surface area contributed by atoms with Gasteiger partial charge in [0.15, 0.2) is 11.6 Å². The van der Waals surface area contributed by atoms with Crippen molar-refractivity contribution in [2.24, 2.45) is 0 Å². The number of hydrogen-bond donors (Lipinski definition) is 1. The Morgan fingerprint density at radius 1 is 0.867 bits per heavy atom. The van der Waals surface area contributed by atoms with E-state index in [0.717, 1.165) is 69.5 Å². The lowest BCUT2D eigenvalue weighted by Gasteiger charge is -2.35. The fraction of sp³-hybridized carbons (Fsp3) is 0.364. The molecule has 0 unspecified atom stereocenters. The molecular formula is C55H57Cl2FN7O8PS. The summed E-state index contributed by atoms with van der Waals surface area (Å²) in [7, 11) is 0.114. The van der Waals surface area contributed by atoms with Crippen LogP contribution in [0.5, 0.6) is 28.9 Å². The number of piperazine rings is 1. The van der Waals surface area contributed by atoms with Gasteiger partial charge in [0, 0.05) is 98.9 Å². The molecule has 4 aromatic carbocycles. The monoisotopic (exact) mass is 1100 g/mol. The third-order valence-electron chi connectivity index (χ3n) is 14.0. The second-order valence-corrected chi connectivity index (χ2v) is 24.7. The zero-order valence-corrected chi connectivity index (χ0v) is 45.3. The second kappa shape index (κ2) is 22.7. The molecule has 15 nitrogen and oxygen atoms in total. The van der Waals surface area contributed by atoms with E-state index in [2.05, 4.69) is 36.7 Å². The third-order valence-corrected chi connectivity index (χ3v) is 18.4. The molecule has 2 fully saturated rings. The minimum Gasteiger partial charge on any atom is -0.492 e. The van der Waals surface area contributed by atoms with Crippen LogP contribution in [-0.4, -0.2) is 150 Å². The number of aromatic nitrogens is 4. The van der Waals surface area contributed by atoms with Gasteiger partial charge in [0.05, 0.1) is 28.3 Å². The maximum absolute atomic E-state index is 14.4. The number of fused-ring (bicyclic) bond motifs is 7. The number of nitrogens with zero attached hydrogens (tertiary/aromatic N) is 7. The van der Waals surface area contributed by atoms with Crippen LogP contribution in [0, 0.1) is 19.7 Å². The Labute approximate surface area is 448 Å². The lowest BCUT2D eigenvalue weighted by Crippen LogP contribution is -2.49. The van der Waals surface area contributed by atoms with E-state index >= 15 is 0 Å². The van der Waals surface area contributed by atoms with Crippen molar-refractivity contribution in [1.82, 2.24) is 34.6 Å². The third kappa shape index (κ3) is 12.1. The van der Waals surface area contributed by atoms with Crippen LogP contribution in [-0.2, 0) is 22.4 Å². The van der Waals surface area contributed by atoms with E-state index in [1.807, 2.05) is 44.8 Å². The van der Waals surface area contributed by atoms with Crippen LogP contribution in [0.2, 0.25) is 10.0 Å². The summed E-state index contributed by atoms with van der Waals surface area (Å²) in [5.41, 5.74) is 5.10. The highest BCUT2D eigenvalue weighted by molar-refractivity contribution is 7.63. The Morgan fingerprint density at radius 2 is 1.59 bits per heavy atom. The predicted octanol–water partition coefficient (Wildman–Crippen LogP) is 10.3. The van der Waals surface area contributed by atoms with Crippen LogP contribution in [0.25, 0.3) is 43.2 Å². The summed E-state index contributed by atoms with van der Waals surface area (Å²) < 4.78 is 59.3. The van der Waals surface area contributed by atoms with Crippen LogP contribution in [0.1, 0.15) is 22.4 Å². The zero-order chi connectivity index (χ0) is 52.4. The Morgan fingerprint density at radius 3 is 2.31 bits per heavy atom. The van der Waals surface area contributed by atoms with Crippen molar-refractivity contribution < 1.29 is 42.5 Å². The molecule has 3 aromatic heterocycles. The quantitative estimate of drug-likeness (QED) is 0.115. The van der Waals surface area contributed by atoms with Crippen LogP contribution in [0.3, 0.4) is 0 Å². The molecule has 7 heterocycles. The van der Waals surface area contributed by atoms with Crippen molar-refractivity contribution in [2.45, 2.75) is 39.1 Å². The highest BCUT2D eigenvalue weighted by Crippen LogP contribution is 2.53. The summed E-state index contributed by atoms with van der Waals surface area (Å²) in [6, 6.07) is 20.8. The van der Waals surface area contributed by atoms with Gasteiger partial charge in [0.25, 0.3) is 0 Å².